The van der Waals surface area contributed by atoms with Gasteiger partial charge in [0.2, 0.25) is 0 Å². The first kappa shape index (κ1) is 27.0. The van der Waals surface area contributed by atoms with Crippen LogP contribution in [0, 0.1) is 5.41 Å². The Hall–Kier alpha value is -3.03. The van der Waals surface area contributed by atoms with Crippen LogP contribution in [0.3, 0.4) is 0 Å². The number of nitrogens with zero attached hydrogens (tertiary/aromatic N) is 3. The van der Waals surface area contributed by atoms with Crippen molar-refractivity contribution in [2.45, 2.75) is 51.1 Å². The van der Waals surface area contributed by atoms with Crippen molar-refractivity contribution in [3.63, 3.8) is 0 Å². The molecule has 182 valence electrons. The summed E-state index contributed by atoms with van der Waals surface area (Å²) in [4.78, 5) is 27.0. The number of carbonyl (C=O) groups excluding carboxylic acids is 1. The lowest BCUT2D eigenvalue weighted by Gasteiger charge is -2.28. The molecule has 0 radical (unpaired) electrons. The van der Waals surface area contributed by atoms with Crippen molar-refractivity contribution < 1.29 is 33.1 Å². The molecule has 11 nitrogen and oxygen atoms in total. The van der Waals surface area contributed by atoms with Gasteiger partial charge in [-0.25, -0.2) is 9.59 Å². The molecule has 0 saturated carbocycles. The van der Waals surface area contributed by atoms with Gasteiger partial charge in [-0.3, -0.25) is 10.7 Å². The summed E-state index contributed by atoms with van der Waals surface area (Å²) in [7, 11) is 0. The summed E-state index contributed by atoms with van der Waals surface area (Å²) in [5, 5.41) is 30.2. The molecule has 1 fully saturated rings. The highest BCUT2D eigenvalue weighted by molar-refractivity contribution is 5.88. The van der Waals surface area contributed by atoms with Crippen molar-refractivity contribution in [1.29, 1.82) is 5.41 Å². The molecule has 1 aliphatic heterocycles. The van der Waals surface area contributed by atoms with Crippen LogP contribution in [0.15, 0.2) is 6.07 Å². The zero-order valence-electron chi connectivity index (χ0n) is 17.6. The number of carboxylic acids is 1. The van der Waals surface area contributed by atoms with Crippen molar-refractivity contribution >= 4 is 23.6 Å². The molecule has 0 unspecified atom stereocenters. The predicted octanol–water partition coefficient (Wildman–Crippen LogP) is 1.86. The topological polar surface area (TPSA) is 170 Å². The molecule has 0 aliphatic carbocycles. The summed E-state index contributed by atoms with van der Waals surface area (Å²) < 4.78 is 32.3. The lowest BCUT2D eigenvalue weighted by molar-refractivity contribution is -0.192. The lowest BCUT2D eigenvalue weighted by atomic mass is 10.1. The normalized spacial score (nSPS) is 13.7. The van der Waals surface area contributed by atoms with Crippen molar-refractivity contribution in [3.05, 3.63) is 11.7 Å². The van der Waals surface area contributed by atoms with Crippen LogP contribution in [0.5, 0.6) is 0 Å². The number of nitrogens with two attached hydrogens (primary N) is 1. The highest BCUT2D eigenvalue weighted by Gasteiger charge is 2.38. The number of amides is 2. The second-order valence-corrected chi connectivity index (χ2v) is 7.07. The first-order valence-electron chi connectivity index (χ1n) is 10.2. The number of urea groups is 1. The Bertz CT molecular complexity index is 796. The molecule has 2 heterocycles. The molecule has 32 heavy (non-hydrogen) atoms. The fourth-order valence-corrected chi connectivity index (χ4v) is 2.85. The van der Waals surface area contributed by atoms with E-state index in [9.17, 15) is 23.2 Å². The number of hydrogen-bond donors (Lipinski definition) is 6. The SMILES string of the molecule is N=c1nc(N2CCCCC2)cc(NC(=O)NCCCCCCN)n1O.O=C(O)C(F)(F)F. The number of anilines is 2. The van der Waals surface area contributed by atoms with Crippen LogP contribution >= 0.6 is 0 Å². The Balaban J connectivity index is 0.000000633. The van der Waals surface area contributed by atoms with Gasteiger partial charge in [0.1, 0.15) is 5.82 Å². The molecular weight excluding hydrogens is 435 g/mol. The molecule has 1 aromatic rings. The van der Waals surface area contributed by atoms with Gasteiger partial charge in [0.25, 0.3) is 5.62 Å². The second kappa shape index (κ2) is 13.4. The molecule has 0 aromatic carbocycles. The molecule has 2 rings (SSSR count). The molecule has 1 saturated heterocycles. The Morgan fingerprint density at radius 3 is 2.31 bits per heavy atom. The van der Waals surface area contributed by atoms with Gasteiger partial charge in [-0.1, -0.05) is 12.8 Å². The van der Waals surface area contributed by atoms with Gasteiger partial charge >= 0.3 is 18.2 Å². The van der Waals surface area contributed by atoms with E-state index in [-0.39, 0.29) is 11.4 Å². The number of piperidine rings is 1. The third-order valence-corrected chi connectivity index (χ3v) is 4.50. The van der Waals surface area contributed by atoms with Gasteiger partial charge in [0, 0.05) is 25.7 Å². The third kappa shape index (κ3) is 9.85. The minimum absolute atomic E-state index is 0.140. The molecule has 0 spiro atoms. The largest absolute Gasteiger partial charge is 0.490 e. The van der Waals surface area contributed by atoms with Gasteiger partial charge < -0.3 is 26.3 Å². The van der Waals surface area contributed by atoms with E-state index in [0.29, 0.717) is 23.6 Å². The molecular formula is C18H30F3N7O4. The summed E-state index contributed by atoms with van der Waals surface area (Å²) >= 11 is 0. The minimum Gasteiger partial charge on any atom is -0.475 e. The van der Waals surface area contributed by atoms with Gasteiger partial charge in [0.05, 0.1) is 0 Å². The van der Waals surface area contributed by atoms with Gasteiger partial charge in [-0.15, -0.1) is 4.73 Å². The Kier molecular flexibility index (Phi) is 11.3. The maximum absolute atomic E-state index is 12.0. The van der Waals surface area contributed by atoms with Crippen LogP contribution in [0.1, 0.15) is 44.9 Å². The standard InChI is InChI=1S/C16H29N7O2.C2HF3O2/c17-8-4-1-2-5-9-19-16(24)21-14-12-13(20-15(18)23(14)25)22-10-6-3-7-11-22;3-2(4,5)1(6)7/h12,18,25H,1-11,17H2,(H2,19,21,24);(H,6,7). The second-order valence-electron chi connectivity index (χ2n) is 7.07. The van der Waals surface area contributed by atoms with Gasteiger partial charge in [-0.2, -0.15) is 18.2 Å². The average Bonchev–Trinajstić information content (AvgIpc) is 2.74. The Morgan fingerprint density at radius 1 is 1.16 bits per heavy atom. The lowest BCUT2D eigenvalue weighted by Crippen LogP contribution is -2.36. The van der Waals surface area contributed by atoms with Crippen molar-refractivity contribution in [3.8, 4) is 0 Å². The number of nitrogens with one attached hydrogen (secondary N) is 3. The number of carboxylic acid groups (broad SMARTS) is 1. The third-order valence-electron chi connectivity index (χ3n) is 4.50. The van der Waals surface area contributed by atoms with E-state index in [2.05, 4.69) is 20.5 Å². The van der Waals surface area contributed by atoms with E-state index in [1.54, 1.807) is 6.07 Å². The van der Waals surface area contributed by atoms with Crippen molar-refractivity contribution in [2.75, 3.05) is 36.4 Å². The van der Waals surface area contributed by atoms with Crippen LogP contribution in [0.25, 0.3) is 0 Å². The quantitative estimate of drug-likeness (QED) is 0.251. The van der Waals surface area contributed by atoms with E-state index >= 15 is 0 Å². The van der Waals surface area contributed by atoms with Crippen LogP contribution < -0.4 is 26.9 Å². The zero-order chi connectivity index (χ0) is 24.1. The first-order chi connectivity index (χ1) is 15.1. The number of hydrogen-bond acceptors (Lipinski definition) is 7. The molecule has 1 aromatic heterocycles. The summed E-state index contributed by atoms with van der Waals surface area (Å²) in [6.07, 6.45) is 2.22. The summed E-state index contributed by atoms with van der Waals surface area (Å²) in [5.74, 6) is -2.01. The molecule has 1 aliphatic rings. The molecule has 0 bridgehead atoms. The molecule has 14 heteroatoms. The summed E-state index contributed by atoms with van der Waals surface area (Å²) in [6.45, 7) is 2.99. The number of aromatic nitrogens is 2. The monoisotopic (exact) mass is 465 g/mol. The van der Waals surface area contributed by atoms with Gasteiger partial charge in [-0.05, 0) is 38.6 Å². The number of carbonyl (C=O) groups is 2. The number of aliphatic carboxylic acids is 1. The predicted molar refractivity (Wildman–Crippen MR) is 110 cm³/mol. The zero-order valence-corrected chi connectivity index (χ0v) is 17.6. The Labute approximate surface area is 182 Å². The number of unbranched alkanes of at least 4 members (excludes halogenated alkanes) is 3. The maximum Gasteiger partial charge on any atom is 0.490 e. The van der Waals surface area contributed by atoms with Crippen LogP contribution in [0.2, 0.25) is 0 Å². The maximum atomic E-state index is 12.0. The fraction of sp³-hybridized carbons (Fsp3) is 0.667. The number of rotatable bonds is 8. The van der Waals surface area contributed by atoms with E-state index in [4.69, 9.17) is 21.0 Å². The van der Waals surface area contributed by atoms with Crippen molar-refractivity contribution in [1.82, 2.24) is 15.0 Å². The van der Waals surface area contributed by atoms with Crippen molar-refractivity contribution in [2.24, 2.45) is 5.73 Å². The van der Waals surface area contributed by atoms with E-state index in [1.165, 1.54) is 6.42 Å². The number of alkyl halides is 3. The minimum atomic E-state index is -5.08. The van der Waals surface area contributed by atoms with E-state index < -0.39 is 18.2 Å². The van der Waals surface area contributed by atoms with Crippen LogP contribution in [0.4, 0.5) is 29.6 Å². The summed E-state index contributed by atoms with van der Waals surface area (Å²) in [5.41, 5.74) is 5.13. The highest BCUT2D eigenvalue weighted by atomic mass is 19.4. The van der Waals surface area contributed by atoms with E-state index in [1.807, 2.05) is 0 Å². The first-order valence-corrected chi connectivity index (χ1v) is 10.2. The van der Waals surface area contributed by atoms with E-state index in [0.717, 1.165) is 51.6 Å². The summed E-state index contributed by atoms with van der Waals surface area (Å²) in [6, 6.07) is 1.20. The highest BCUT2D eigenvalue weighted by Crippen LogP contribution is 2.19. The van der Waals surface area contributed by atoms with Crippen LogP contribution in [-0.4, -0.2) is 64.4 Å². The molecule has 7 N–H and O–H groups in total. The smallest absolute Gasteiger partial charge is 0.475 e. The molecule has 0 atom stereocenters. The Morgan fingerprint density at radius 2 is 1.75 bits per heavy atom. The average molecular weight is 465 g/mol. The van der Waals surface area contributed by atoms with Crippen LogP contribution in [-0.2, 0) is 4.79 Å². The molecule has 2 amide bonds. The van der Waals surface area contributed by atoms with Gasteiger partial charge in [0.15, 0.2) is 5.82 Å². The fourth-order valence-electron chi connectivity index (χ4n) is 2.85. The number of halogens is 3.